The van der Waals surface area contributed by atoms with Gasteiger partial charge in [-0.1, -0.05) is 24.1 Å². The average Bonchev–Trinajstić information content (AvgIpc) is 3.13. The van der Waals surface area contributed by atoms with Crippen LogP contribution in [0, 0.1) is 24.7 Å². The molecule has 1 nitrogen and oxygen atoms in total. The zero-order valence-electron chi connectivity index (χ0n) is 13.7. The van der Waals surface area contributed by atoms with E-state index in [9.17, 15) is 0 Å². The third-order valence-electron chi connectivity index (χ3n) is 6.65. The molecule has 1 unspecified atom stereocenters. The first-order chi connectivity index (χ1) is 10.7. The maximum Gasteiger partial charge on any atom is 0.0409 e. The Morgan fingerprint density at radius 3 is 2.59 bits per heavy atom. The normalized spacial score (nSPS) is 32.7. The molecule has 0 amide bonds. The van der Waals surface area contributed by atoms with Crippen molar-refractivity contribution in [3.05, 3.63) is 34.3 Å². The summed E-state index contributed by atoms with van der Waals surface area (Å²) in [4.78, 5) is 2.75. The standard InChI is InChI=1S/C20H28ClN/c1-14-2-5-19(21)12-20(14)16-6-8-22(9-7-16)13-18-11-15-3-4-17(18)10-15/h2,5,12,15-18H,3-4,6-11,13H2,1H3/t15-,17-,18?/m0/s1. The Kier molecular flexibility index (Phi) is 4.21. The fourth-order valence-electron chi connectivity index (χ4n) is 5.41. The van der Waals surface area contributed by atoms with E-state index in [1.54, 1.807) is 6.42 Å². The van der Waals surface area contributed by atoms with Crippen LogP contribution in [0.25, 0.3) is 0 Å². The van der Waals surface area contributed by atoms with Gasteiger partial charge in [-0.15, -0.1) is 0 Å². The minimum absolute atomic E-state index is 0.718. The van der Waals surface area contributed by atoms with Crippen molar-refractivity contribution in [1.29, 1.82) is 0 Å². The molecule has 1 aliphatic heterocycles. The molecular formula is C20H28ClN. The molecule has 0 radical (unpaired) electrons. The number of benzene rings is 1. The van der Waals surface area contributed by atoms with Gasteiger partial charge in [-0.25, -0.2) is 0 Å². The minimum atomic E-state index is 0.718. The Bertz CT molecular complexity index is 533. The lowest BCUT2D eigenvalue weighted by Crippen LogP contribution is -2.37. The van der Waals surface area contributed by atoms with Crippen molar-refractivity contribution in [2.24, 2.45) is 17.8 Å². The van der Waals surface area contributed by atoms with E-state index in [-0.39, 0.29) is 0 Å². The van der Waals surface area contributed by atoms with E-state index < -0.39 is 0 Å². The van der Waals surface area contributed by atoms with Gasteiger partial charge in [-0.05, 0) is 99.0 Å². The first kappa shape index (κ1) is 15.0. The van der Waals surface area contributed by atoms with Gasteiger partial charge in [0.05, 0.1) is 0 Å². The monoisotopic (exact) mass is 317 g/mol. The first-order valence-corrected chi connectivity index (χ1v) is 9.55. The van der Waals surface area contributed by atoms with Crippen LogP contribution in [0.15, 0.2) is 18.2 Å². The highest BCUT2D eigenvalue weighted by Crippen LogP contribution is 2.48. The van der Waals surface area contributed by atoms with Crippen LogP contribution >= 0.6 is 11.6 Å². The maximum atomic E-state index is 6.20. The summed E-state index contributed by atoms with van der Waals surface area (Å²) in [6.07, 6.45) is 8.73. The molecule has 3 fully saturated rings. The quantitative estimate of drug-likeness (QED) is 0.734. The summed E-state index contributed by atoms with van der Waals surface area (Å²) in [6, 6.07) is 6.40. The summed E-state index contributed by atoms with van der Waals surface area (Å²) in [5, 5.41) is 0.894. The molecule has 0 aromatic heterocycles. The lowest BCUT2D eigenvalue weighted by molar-refractivity contribution is 0.156. The van der Waals surface area contributed by atoms with Crippen LogP contribution in [0.1, 0.15) is 55.6 Å². The molecule has 120 valence electrons. The zero-order valence-corrected chi connectivity index (χ0v) is 14.5. The van der Waals surface area contributed by atoms with E-state index in [1.807, 2.05) is 6.07 Å². The molecule has 3 atom stereocenters. The summed E-state index contributed by atoms with van der Waals surface area (Å²) in [5.41, 5.74) is 2.91. The summed E-state index contributed by atoms with van der Waals surface area (Å²) in [7, 11) is 0. The van der Waals surface area contributed by atoms with E-state index in [0.717, 1.165) is 28.7 Å². The van der Waals surface area contributed by atoms with Gasteiger partial charge in [-0.3, -0.25) is 0 Å². The second-order valence-electron chi connectivity index (χ2n) is 8.01. The topological polar surface area (TPSA) is 3.24 Å². The van der Waals surface area contributed by atoms with Crippen molar-refractivity contribution in [3.63, 3.8) is 0 Å². The number of nitrogens with zero attached hydrogens (tertiary/aromatic N) is 1. The largest absolute Gasteiger partial charge is 0.303 e. The molecule has 2 bridgehead atoms. The van der Waals surface area contributed by atoms with E-state index in [0.29, 0.717) is 0 Å². The van der Waals surface area contributed by atoms with Crippen LogP contribution < -0.4 is 0 Å². The fraction of sp³-hybridized carbons (Fsp3) is 0.700. The molecule has 1 aromatic carbocycles. The summed E-state index contributed by atoms with van der Waals surface area (Å²) in [5.74, 6) is 3.89. The number of rotatable bonds is 3. The summed E-state index contributed by atoms with van der Waals surface area (Å²) < 4.78 is 0. The van der Waals surface area contributed by atoms with Crippen LogP contribution in [-0.2, 0) is 0 Å². The molecule has 0 spiro atoms. The molecule has 4 rings (SSSR count). The second-order valence-corrected chi connectivity index (χ2v) is 8.45. The van der Waals surface area contributed by atoms with Crippen LogP contribution in [0.2, 0.25) is 5.02 Å². The van der Waals surface area contributed by atoms with Gasteiger partial charge >= 0.3 is 0 Å². The van der Waals surface area contributed by atoms with Gasteiger partial charge in [0.25, 0.3) is 0 Å². The van der Waals surface area contributed by atoms with Gasteiger partial charge in [-0.2, -0.15) is 0 Å². The molecule has 2 saturated carbocycles. The first-order valence-electron chi connectivity index (χ1n) is 9.17. The smallest absolute Gasteiger partial charge is 0.0409 e. The van der Waals surface area contributed by atoms with Crippen LogP contribution in [-0.4, -0.2) is 24.5 Å². The number of fused-ring (bicyclic) bond motifs is 2. The predicted octanol–water partition coefficient (Wildman–Crippen LogP) is 5.26. The molecule has 1 saturated heterocycles. The van der Waals surface area contributed by atoms with Gasteiger partial charge < -0.3 is 4.90 Å². The number of halogens is 1. The van der Waals surface area contributed by atoms with Gasteiger partial charge in [0.1, 0.15) is 0 Å². The summed E-state index contributed by atoms with van der Waals surface area (Å²) in [6.45, 7) is 6.17. The highest BCUT2D eigenvalue weighted by atomic mass is 35.5. The zero-order chi connectivity index (χ0) is 15.1. The van der Waals surface area contributed by atoms with Crippen molar-refractivity contribution >= 4 is 11.6 Å². The molecule has 22 heavy (non-hydrogen) atoms. The van der Waals surface area contributed by atoms with E-state index in [1.165, 1.54) is 62.9 Å². The Balaban J connectivity index is 1.33. The Morgan fingerprint density at radius 2 is 1.91 bits per heavy atom. The lowest BCUT2D eigenvalue weighted by atomic mass is 9.85. The fourth-order valence-corrected chi connectivity index (χ4v) is 5.59. The summed E-state index contributed by atoms with van der Waals surface area (Å²) >= 11 is 6.20. The number of hydrogen-bond acceptors (Lipinski definition) is 1. The molecule has 2 aliphatic carbocycles. The Labute approximate surface area is 140 Å². The number of likely N-dealkylation sites (tertiary alicyclic amines) is 1. The van der Waals surface area contributed by atoms with Crippen molar-refractivity contribution in [2.75, 3.05) is 19.6 Å². The van der Waals surface area contributed by atoms with Gasteiger partial charge in [0.15, 0.2) is 0 Å². The highest BCUT2D eigenvalue weighted by molar-refractivity contribution is 6.30. The molecule has 1 aromatic rings. The molecule has 0 N–H and O–H groups in total. The number of piperidine rings is 1. The van der Waals surface area contributed by atoms with E-state index in [4.69, 9.17) is 11.6 Å². The van der Waals surface area contributed by atoms with Crippen molar-refractivity contribution in [2.45, 2.75) is 51.4 Å². The molecule has 1 heterocycles. The predicted molar refractivity (Wildman–Crippen MR) is 93.5 cm³/mol. The van der Waals surface area contributed by atoms with Gasteiger partial charge in [0, 0.05) is 11.6 Å². The SMILES string of the molecule is Cc1ccc(Cl)cc1C1CCN(CC2C[C@H]3CC[C@H]2C3)CC1. The van der Waals surface area contributed by atoms with Gasteiger partial charge in [0.2, 0.25) is 0 Å². The van der Waals surface area contributed by atoms with Crippen molar-refractivity contribution in [3.8, 4) is 0 Å². The maximum absolute atomic E-state index is 6.20. The lowest BCUT2D eigenvalue weighted by Gasteiger charge is -2.36. The number of hydrogen-bond donors (Lipinski definition) is 0. The van der Waals surface area contributed by atoms with Crippen LogP contribution in [0.3, 0.4) is 0 Å². The van der Waals surface area contributed by atoms with Crippen LogP contribution in [0.5, 0.6) is 0 Å². The third kappa shape index (κ3) is 2.95. The van der Waals surface area contributed by atoms with E-state index >= 15 is 0 Å². The molecule has 3 aliphatic rings. The van der Waals surface area contributed by atoms with Crippen molar-refractivity contribution in [1.82, 2.24) is 4.90 Å². The van der Waals surface area contributed by atoms with Crippen molar-refractivity contribution < 1.29 is 0 Å². The minimum Gasteiger partial charge on any atom is -0.303 e. The second kappa shape index (κ2) is 6.17. The molecule has 2 heteroatoms. The average molecular weight is 318 g/mol. The Hall–Kier alpha value is -0.530. The highest BCUT2D eigenvalue weighted by Gasteiger charge is 2.40. The Morgan fingerprint density at radius 1 is 1.09 bits per heavy atom. The number of aryl methyl sites for hydroxylation is 1. The van der Waals surface area contributed by atoms with Crippen LogP contribution in [0.4, 0.5) is 0 Å². The third-order valence-corrected chi connectivity index (χ3v) is 6.88. The van der Waals surface area contributed by atoms with E-state index in [2.05, 4.69) is 24.0 Å². The molecular weight excluding hydrogens is 290 g/mol.